The number of hydrogen-bond acceptors (Lipinski definition) is 4. The largest absolute Gasteiger partial charge is 0.392 e. The van der Waals surface area contributed by atoms with Crippen molar-refractivity contribution in [3.8, 4) is 0 Å². The van der Waals surface area contributed by atoms with E-state index in [1.807, 2.05) is 6.92 Å². The number of hydrogen-bond donors (Lipinski definition) is 3. The maximum atomic E-state index is 13.5. The van der Waals surface area contributed by atoms with Crippen molar-refractivity contribution in [2.24, 2.45) is 29.1 Å². The number of carbonyl (C=O) groups excluding carboxylic acids is 2. The molecule has 3 N–H and O–H groups in total. The number of methoxy groups -OCH3 is 1. The van der Waals surface area contributed by atoms with E-state index in [1.165, 1.54) is 18.2 Å². The predicted octanol–water partition coefficient (Wildman–Crippen LogP) is 3.15. The summed E-state index contributed by atoms with van der Waals surface area (Å²) < 4.78 is 18.5. The van der Waals surface area contributed by atoms with Crippen LogP contribution in [0.5, 0.6) is 0 Å². The van der Waals surface area contributed by atoms with Crippen molar-refractivity contribution in [3.05, 3.63) is 35.6 Å². The molecule has 0 spiro atoms. The third kappa shape index (κ3) is 5.15. The number of aliphatic hydroxyl groups excluding tert-OH is 1. The Morgan fingerprint density at radius 3 is 2.72 bits per heavy atom. The summed E-state index contributed by atoms with van der Waals surface area (Å²) in [5.41, 5.74) is 0.274. The van der Waals surface area contributed by atoms with Crippen LogP contribution in [-0.4, -0.2) is 49.3 Å². The fourth-order valence-electron chi connectivity index (χ4n) is 6.01. The Balaban J connectivity index is 1.70. The summed E-state index contributed by atoms with van der Waals surface area (Å²) in [6.45, 7) is 7.09. The van der Waals surface area contributed by atoms with Crippen molar-refractivity contribution in [2.45, 2.75) is 58.6 Å². The molecule has 2 fully saturated rings. The number of rotatable bonds is 7. The number of carbonyl (C=O) groups is 2. The van der Waals surface area contributed by atoms with E-state index >= 15 is 0 Å². The van der Waals surface area contributed by atoms with Gasteiger partial charge in [-0.3, -0.25) is 9.59 Å². The molecule has 1 aromatic carbocycles. The van der Waals surface area contributed by atoms with E-state index in [0.717, 1.165) is 25.7 Å². The molecule has 0 aliphatic heterocycles. The second kappa shape index (κ2) is 10.3. The average Bonchev–Trinajstić information content (AvgIpc) is 2.75. The second-order valence-electron chi connectivity index (χ2n) is 9.93. The average molecular weight is 449 g/mol. The van der Waals surface area contributed by atoms with Crippen LogP contribution >= 0.6 is 0 Å². The Morgan fingerprint density at radius 1 is 1.31 bits per heavy atom. The molecule has 1 aromatic rings. The number of ether oxygens (including phenoxy) is 1. The standard InChI is InChI=1S/C25H37FN2O4/c1-15(23(30)27-12-13-32-4)19-8-10-25(3)11-9-20(16(2)21(25)22(19)29)28-24(31)17-6-5-7-18(26)14-17/h5-7,14-16,19-22,29H,8-13H2,1-4H3,(H,27,30)(H,28,31)/t15-,16+,19-,20-,21+,22-,25-/m0/s1. The molecule has 0 unspecified atom stereocenters. The van der Waals surface area contributed by atoms with Gasteiger partial charge in [0, 0.05) is 31.2 Å². The van der Waals surface area contributed by atoms with Gasteiger partial charge < -0.3 is 20.5 Å². The fourth-order valence-corrected chi connectivity index (χ4v) is 6.01. The molecule has 0 radical (unpaired) electrons. The summed E-state index contributed by atoms with van der Waals surface area (Å²) in [5.74, 6) is -1.22. The lowest BCUT2D eigenvalue weighted by Gasteiger charge is -2.56. The minimum atomic E-state index is -0.624. The highest BCUT2D eigenvalue weighted by molar-refractivity contribution is 5.94. The van der Waals surface area contributed by atoms with Gasteiger partial charge in [0.25, 0.3) is 5.91 Å². The highest BCUT2D eigenvalue weighted by Crippen LogP contribution is 2.55. The smallest absolute Gasteiger partial charge is 0.251 e. The zero-order chi connectivity index (χ0) is 23.5. The molecule has 32 heavy (non-hydrogen) atoms. The van der Waals surface area contributed by atoms with E-state index in [9.17, 15) is 19.1 Å². The minimum Gasteiger partial charge on any atom is -0.392 e. The first-order chi connectivity index (χ1) is 15.2. The molecule has 0 heterocycles. The van der Waals surface area contributed by atoms with Crippen molar-refractivity contribution in [3.63, 3.8) is 0 Å². The van der Waals surface area contributed by atoms with Crippen molar-refractivity contribution in [1.29, 1.82) is 0 Å². The molecule has 0 aromatic heterocycles. The van der Waals surface area contributed by atoms with Crippen molar-refractivity contribution >= 4 is 11.8 Å². The highest BCUT2D eigenvalue weighted by atomic mass is 19.1. The Bertz CT molecular complexity index is 819. The van der Waals surface area contributed by atoms with Gasteiger partial charge in [-0.05, 0) is 67.1 Å². The van der Waals surface area contributed by atoms with E-state index in [4.69, 9.17) is 4.74 Å². The van der Waals surface area contributed by atoms with Crippen LogP contribution in [0, 0.1) is 34.9 Å². The summed E-state index contributed by atoms with van der Waals surface area (Å²) in [7, 11) is 1.59. The van der Waals surface area contributed by atoms with E-state index in [-0.39, 0.29) is 46.9 Å². The molecular formula is C25H37FN2O4. The SMILES string of the molecule is COCCNC(=O)[C@@H](C)[C@@H]1CC[C@@]2(C)CC[C@H](NC(=O)c3cccc(F)c3)[C@@H](C)[C@@H]2[C@H]1O. The molecule has 178 valence electrons. The zero-order valence-corrected chi connectivity index (χ0v) is 19.6. The van der Waals surface area contributed by atoms with E-state index in [2.05, 4.69) is 24.5 Å². The van der Waals surface area contributed by atoms with Gasteiger partial charge in [0.05, 0.1) is 12.7 Å². The molecule has 7 atom stereocenters. The highest BCUT2D eigenvalue weighted by Gasteiger charge is 2.53. The minimum absolute atomic E-state index is 0.0259. The van der Waals surface area contributed by atoms with Gasteiger partial charge in [0.1, 0.15) is 5.82 Å². The molecule has 2 aliphatic rings. The Kier molecular flexibility index (Phi) is 7.93. The van der Waals surface area contributed by atoms with Gasteiger partial charge in [0.15, 0.2) is 0 Å². The Hall–Kier alpha value is -1.99. The molecule has 6 nitrogen and oxygen atoms in total. The number of nitrogens with one attached hydrogen (secondary N) is 2. The molecule has 0 saturated heterocycles. The van der Waals surface area contributed by atoms with Gasteiger partial charge in [0.2, 0.25) is 5.91 Å². The van der Waals surface area contributed by atoms with Gasteiger partial charge in [-0.15, -0.1) is 0 Å². The maximum absolute atomic E-state index is 13.5. The normalized spacial score (nSPS) is 33.1. The fraction of sp³-hybridized carbons (Fsp3) is 0.680. The molecule has 0 bridgehead atoms. The first kappa shape index (κ1) is 24.6. The summed E-state index contributed by atoms with van der Waals surface area (Å²) in [6.07, 6.45) is 2.85. The van der Waals surface area contributed by atoms with Crippen molar-refractivity contribution < 1.29 is 23.8 Å². The van der Waals surface area contributed by atoms with Crippen LogP contribution in [0.25, 0.3) is 0 Å². The molecule has 2 amide bonds. The molecule has 7 heteroatoms. The molecule has 2 saturated carbocycles. The lowest BCUT2D eigenvalue weighted by molar-refractivity contribution is -0.142. The monoisotopic (exact) mass is 448 g/mol. The molecular weight excluding hydrogens is 411 g/mol. The first-order valence-electron chi connectivity index (χ1n) is 11.7. The summed E-state index contributed by atoms with van der Waals surface area (Å²) >= 11 is 0. The number of halogens is 1. The Labute approximate surface area is 190 Å². The number of benzene rings is 1. The third-order valence-corrected chi connectivity index (χ3v) is 7.95. The van der Waals surface area contributed by atoms with Crippen LogP contribution in [0.4, 0.5) is 4.39 Å². The van der Waals surface area contributed by atoms with Gasteiger partial charge in [-0.1, -0.05) is 26.8 Å². The lowest BCUT2D eigenvalue weighted by Crippen LogP contribution is -2.58. The van der Waals surface area contributed by atoms with E-state index in [1.54, 1.807) is 13.2 Å². The summed E-state index contributed by atoms with van der Waals surface area (Å²) in [6, 6.07) is 5.58. The van der Waals surface area contributed by atoms with Crippen LogP contribution in [0.15, 0.2) is 24.3 Å². The zero-order valence-electron chi connectivity index (χ0n) is 19.6. The van der Waals surface area contributed by atoms with Crippen molar-refractivity contribution in [2.75, 3.05) is 20.3 Å². The number of aliphatic hydroxyl groups is 1. The van der Waals surface area contributed by atoms with Crippen LogP contribution in [-0.2, 0) is 9.53 Å². The first-order valence-corrected chi connectivity index (χ1v) is 11.7. The van der Waals surface area contributed by atoms with Crippen LogP contribution in [0.1, 0.15) is 56.8 Å². The molecule has 2 aliphatic carbocycles. The van der Waals surface area contributed by atoms with Gasteiger partial charge in [-0.25, -0.2) is 4.39 Å². The maximum Gasteiger partial charge on any atom is 0.251 e. The second-order valence-corrected chi connectivity index (χ2v) is 9.93. The quantitative estimate of drug-likeness (QED) is 0.559. The molecule has 3 rings (SSSR count). The van der Waals surface area contributed by atoms with E-state index in [0.29, 0.717) is 18.7 Å². The topological polar surface area (TPSA) is 87.7 Å². The third-order valence-electron chi connectivity index (χ3n) is 7.95. The van der Waals surface area contributed by atoms with Gasteiger partial charge >= 0.3 is 0 Å². The summed E-state index contributed by atoms with van der Waals surface area (Å²) in [4.78, 5) is 25.3. The van der Waals surface area contributed by atoms with Crippen LogP contribution in [0.2, 0.25) is 0 Å². The van der Waals surface area contributed by atoms with Crippen LogP contribution in [0.3, 0.4) is 0 Å². The van der Waals surface area contributed by atoms with Gasteiger partial charge in [-0.2, -0.15) is 0 Å². The number of amides is 2. The van der Waals surface area contributed by atoms with Crippen LogP contribution < -0.4 is 10.6 Å². The van der Waals surface area contributed by atoms with Crippen molar-refractivity contribution in [1.82, 2.24) is 10.6 Å². The number of fused-ring (bicyclic) bond motifs is 1. The Morgan fingerprint density at radius 2 is 2.03 bits per heavy atom. The lowest BCUT2D eigenvalue weighted by atomic mass is 9.51. The predicted molar refractivity (Wildman–Crippen MR) is 120 cm³/mol. The summed E-state index contributed by atoms with van der Waals surface area (Å²) in [5, 5.41) is 17.4. The van der Waals surface area contributed by atoms with E-state index < -0.39 is 11.9 Å².